The summed E-state index contributed by atoms with van der Waals surface area (Å²) in [4.78, 5) is 4.36. The van der Waals surface area contributed by atoms with Gasteiger partial charge in [0.1, 0.15) is 11.9 Å². The van der Waals surface area contributed by atoms with E-state index >= 15 is 0 Å². The highest BCUT2D eigenvalue weighted by molar-refractivity contribution is 5.27. The number of hydrogen-bond donors (Lipinski definition) is 1. The van der Waals surface area contributed by atoms with Crippen molar-refractivity contribution in [1.29, 1.82) is 0 Å². The highest BCUT2D eigenvalue weighted by Gasteiger charge is 2.55. The van der Waals surface area contributed by atoms with Crippen LogP contribution in [0.15, 0.2) is 18.3 Å². The molecule has 0 aromatic carbocycles. The van der Waals surface area contributed by atoms with Gasteiger partial charge in [0.05, 0.1) is 5.69 Å². The van der Waals surface area contributed by atoms with Crippen LogP contribution in [-0.4, -0.2) is 23.7 Å². The fourth-order valence-electron chi connectivity index (χ4n) is 4.25. The topological polar surface area (TPSA) is 34.1 Å². The van der Waals surface area contributed by atoms with E-state index in [-0.39, 0.29) is 0 Å². The summed E-state index contributed by atoms with van der Waals surface area (Å²) in [7, 11) is 0. The quantitative estimate of drug-likeness (QED) is 0.913. The van der Waals surface area contributed by atoms with Crippen molar-refractivity contribution in [3.05, 3.63) is 24.0 Å². The zero-order valence-corrected chi connectivity index (χ0v) is 13.4. The molecule has 2 fully saturated rings. The zero-order chi connectivity index (χ0) is 14.7. The first-order valence-electron chi connectivity index (χ1n) is 8.58. The summed E-state index contributed by atoms with van der Waals surface area (Å²) in [6.07, 6.45) is 11.5. The second kappa shape index (κ2) is 6.35. The number of pyridine rings is 1. The fraction of sp³-hybridized carbons (Fsp3) is 0.722. The van der Waals surface area contributed by atoms with E-state index in [0.29, 0.717) is 17.6 Å². The Kier molecular flexibility index (Phi) is 4.48. The van der Waals surface area contributed by atoms with Crippen LogP contribution in [0.5, 0.6) is 5.75 Å². The highest BCUT2D eigenvalue weighted by atomic mass is 16.5. The van der Waals surface area contributed by atoms with Crippen LogP contribution in [0.25, 0.3) is 0 Å². The lowest BCUT2D eigenvalue weighted by molar-refractivity contribution is -0.0904. The number of rotatable bonds is 4. The number of aryl methyl sites for hydroxylation is 1. The number of ether oxygens (including phenoxy) is 1. The Morgan fingerprint density at radius 3 is 2.71 bits per heavy atom. The van der Waals surface area contributed by atoms with Crippen molar-refractivity contribution in [2.45, 2.75) is 70.9 Å². The molecule has 21 heavy (non-hydrogen) atoms. The molecule has 0 aliphatic heterocycles. The summed E-state index contributed by atoms with van der Waals surface area (Å²) >= 11 is 0. The summed E-state index contributed by atoms with van der Waals surface area (Å²) in [5, 5.41) is 3.71. The van der Waals surface area contributed by atoms with E-state index in [1.807, 2.05) is 19.2 Å². The molecule has 0 amide bonds. The van der Waals surface area contributed by atoms with Gasteiger partial charge in [-0.15, -0.1) is 0 Å². The largest absolute Gasteiger partial charge is 0.488 e. The molecule has 2 unspecified atom stereocenters. The molecule has 0 radical (unpaired) electrons. The van der Waals surface area contributed by atoms with Gasteiger partial charge < -0.3 is 10.1 Å². The maximum atomic E-state index is 6.40. The Bertz CT molecular complexity index is 466. The third-order valence-corrected chi connectivity index (χ3v) is 5.50. The first-order chi connectivity index (χ1) is 10.3. The average molecular weight is 288 g/mol. The standard InChI is InChI=1S/C18H28N2O/c1-3-19-16-13-17(18(16)10-6-4-5-7-11-18)21-15-9-8-12-20-14(15)2/h8-9,12,16-17,19H,3-7,10-11,13H2,1-2H3. The van der Waals surface area contributed by atoms with Gasteiger partial charge in [0.25, 0.3) is 0 Å². The van der Waals surface area contributed by atoms with Crippen LogP contribution in [0, 0.1) is 12.3 Å². The smallest absolute Gasteiger partial charge is 0.140 e. The summed E-state index contributed by atoms with van der Waals surface area (Å²) in [5.74, 6) is 0.973. The molecule has 116 valence electrons. The minimum Gasteiger partial charge on any atom is -0.488 e. The molecule has 0 saturated heterocycles. The molecule has 2 aliphatic rings. The summed E-state index contributed by atoms with van der Waals surface area (Å²) in [6.45, 7) is 5.31. The van der Waals surface area contributed by atoms with Crippen molar-refractivity contribution in [3.63, 3.8) is 0 Å². The van der Waals surface area contributed by atoms with Gasteiger partial charge in [-0.2, -0.15) is 0 Å². The summed E-state index contributed by atoms with van der Waals surface area (Å²) in [5.41, 5.74) is 1.36. The Balaban J connectivity index is 1.76. The number of aromatic nitrogens is 1. The van der Waals surface area contributed by atoms with Crippen LogP contribution in [0.3, 0.4) is 0 Å². The molecule has 3 rings (SSSR count). The Morgan fingerprint density at radius 2 is 2.05 bits per heavy atom. The van der Waals surface area contributed by atoms with Crippen LogP contribution in [0.4, 0.5) is 0 Å². The van der Waals surface area contributed by atoms with Crippen molar-refractivity contribution in [1.82, 2.24) is 10.3 Å². The maximum Gasteiger partial charge on any atom is 0.140 e. The first-order valence-corrected chi connectivity index (χ1v) is 8.58. The van der Waals surface area contributed by atoms with Crippen molar-refractivity contribution >= 4 is 0 Å². The highest BCUT2D eigenvalue weighted by Crippen LogP contribution is 2.52. The molecule has 1 aromatic rings. The van der Waals surface area contributed by atoms with Gasteiger partial charge in [0.15, 0.2) is 0 Å². The SMILES string of the molecule is CCNC1CC(Oc2cccnc2C)C12CCCCCC2. The minimum atomic E-state index is 0.356. The van der Waals surface area contributed by atoms with Crippen molar-refractivity contribution in [2.75, 3.05) is 6.54 Å². The van der Waals surface area contributed by atoms with Gasteiger partial charge in [-0.1, -0.05) is 32.6 Å². The van der Waals surface area contributed by atoms with E-state index in [9.17, 15) is 0 Å². The normalized spacial score (nSPS) is 27.9. The van der Waals surface area contributed by atoms with E-state index in [0.717, 1.165) is 24.4 Å². The number of nitrogens with zero attached hydrogens (tertiary/aromatic N) is 1. The molecule has 3 nitrogen and oxygen atoms in total. The molecule has 2 aliphatic carbocycles. The van der Waals surface area contributed by atoms with Crippen molar-refractivity contribution < 1.29 is 4.74 Å². The summed E-state index contributed by atoms with van der Waals surface area (Å²) in [6, 6.07) is 4.68. The number of hydrogen-bond acceptors (Lipinski definition) is 3. The monoisotopic (exact) mass is 288 g/mol. The van der Waals surface area contributed by atoms with Crippen LogP contribution in [-0.2, 0) is 0 Å². The van der Waals surface area contributed by atoms with Crippen LogP contribution in [0.1, 0.15) is 57.6 Å². The van der Waals surface area contributed by atoms with Gasteiger partial charge in [-0.3, -0.25) is 4.98 Å². The fourth-order valence-corrected chi connectivity index (χ4v) is 4.25. The van der Waals surface area contributed by atoms with E-state index in [1.165, 1.54) is 38.5 Å². The molecule has 0 bridgehead atoms. The predicted molar refractivity (Wildman–Crippen MR) is 85.6 cm³/mol. The van der Waals surface area contributed by atoms with Gasteiger partial charge >= 0.3 is 0 Å². The summed E-state index contributed by atoms with van der Waals surface area (Å²) < 4.78 is 6.40. The Hall–Kier alpha value is -1.09. The minimum absolute atomic E-state index is 0.356. The Labute approximate surface area is 128 Å². The maximum absolute atomic E-state index is 6.40. The lowest BCUT2D eigenvalue weighted by Crippen LogP contribution is -2.64. The van der Waals surface area contributed by atoms with Gasteiger partial charge in [0.2, 0.25) is 0 Å². The molecular weight excluding hydrogens is 260 g/mol. The Morgan fingerprint density at radius 1 is 1.29 bits per heavy atom. The third-order valence-electron chi connectivity index (χ3n) is 5.50. The van der Waals surface area contributed by atoms with Crippen molar-refractivity contribution in [3.8, 4) is 5.75 Å². The number of nitrogens with one attached hydrogen (secondary N) is 1. The van der Waals surface area contributed by atoms with Crippen LogP contribution >= 0.6 is 0 Å². The van der Waals surface area contributed by atoms with Gasteiger partial charge in [-0.25, -0.2) is 0 Å². The lowest BCUT2D eigenvalue weighted by Gasteiger charge is -2.56. The average Bonchev–Trinajstić information content (AvgIpc) is 2.76. The van der Waals surface area contributed by atoms with Crippen molar-refractivity contribution in [2.24, 2.45) is 5.41 Å². The van der Waals surface area contributed by atoms with Crippen LogP contribution < -0.4 is 10.1 Å². The molecular formula is C18H28N2O. The molecule has 1 spiro atoms. The first kappa shape index (κ1) is 14.8. The van der Waals surface area contributed by atoms with Crippen LogP contribution in [0.2, 0.25) is 0 Å². The molecule has 2 saturated carbocycles. The second-order valence-corrected chi connectivity index (χ2v) is 6.69. The molecule has 1 aromatic heterocycles. The molecule has 3 heteroatoms. The van der Waals surface area contributed by atoms with E-state index in [4.69, 9.17) is 4.74 Å². The molecule has 2 atom stereocenters. The van der Waals surface area contributed by atoms with Gasteiger partial charge in [0, 0.05) is 24.1 Å². The lowest BCUT2D eigenvalue weighted by atomic mass is 9.57. The van der Waals surface area contributed by atoms with E-state index < -0.39 is 0 Å². The third kappa shape index (κ3) is 2.80. The van der Waals surface area contributed by atoms with E-state index in [1.54, 1.807) is 0 Å². The molecule has 1 N–H and O–H groups in total. The predicted octanol–water partition coefficient (Wildman–Crippen LogP) is 3.86. The molecule has 1 heterocycles. The zero-order valence-electron chi connectivity index (χ0n) is 13.4. The van der Waals surface area contributed by atoms with E-state index in [2.05, 4.69) is 23.3 Å². The van der Waals surface area contributed by atoms with Gasteiger partial charge in [-0.05, 0) is 38.4 Å². The second-order valence-electron chi connectivity index (χ2n) is 6.69.